The minimum atomic E-state index is -1.23. The zero-order chi connectivity index (χ0) is 23.3. The van der Waals surface area contributed by atoms with E-state index in [1.807, 2.05) is 0 Å². The van der Waals surface area contributed by atoms with E-state index in [4.69, 9.17) is 22.4 Å². The molecule has 1 heterocycles. The first-order valence-electron chi connectivity index (χ1n) is 9.69. The first-order chi connectivity index (χ1) is 14.5. The van der Waals surface area contributed by atoms with Crippen molar-refractivity contribution in [2.45, 2.75) is 44.8 Å². The van der Waals surface area contributed by atoms with Gasteiger partial charge in [0.2, 0.25) is 11.8 Å². The highest BCUT2D eigenvalue weighted by molar-refractivity contribution is 6.33. The second-order valence-electron chi connectivity index (χ2n) is 7.52. The van der Waals surface area contributed by atoms with E-state index in [1.165, 1.54) is 30.0 Å². The third-order valence-corrected chi connectivity index (χ3v) is 5.45. The van der Waals surface area contributed by atoms with Crippen LogP contribution in [0.3, 0.4) is 0 Å². The number of aliphatic carboxylic acids is 1. The maximum Gasteiger partial charge on any atom is 0.305 e. The number of nitrogen functional groups attached to an aromatic ring is 1. The van der Waals surface area contributed by atoms with Crippen LogP contribution in [-0.4, -0.2) is 64.7 Å². The zero-order valence-electron chi connectivity index (χ0n) is 17.1. The molecule has 1 aliphatic rings. The summed E-state index contributed by atoms with van der Waals surface area (Å²) in [5.74, 6) is -3.05. The number of nitrogens with one attached hydrogen (secondary N) is 2. The fourth-order valence-corrected chi connectivity index (χ4v) is 3.62. The zero-order valence-corrected chi connectivity index (χ0v) is 17.9. The van der Waals surface area contributed by atoms with Crippen molar-refractivity contribution < 1.29 is 29.1 Å². The molecule has 4 atom stereocenters. The van der Waals surface area contributed by atoms with Crippen molar-refractivity contribution in [3.63, 3.8) is 0 Å². The second kappa shape index (κ2) is 10.3. The lowest BCUT2D eigenvalue weighted by Crippen LogP contribution is -2.55. The Kier molecular flexibility index (Phi) is 7.98. The number of carbonyl (C=O) groups excluding carboxylic acids is 4. The van der Waals surface area contributed by atoms with E-state index >= 15 is 0 Å². The average Bonchev–Trinajstić information content (AvgIpc) is 3.09. The number of amides is 3. The largest absolute Gasteiger partial charge is 0.481 e. The Morgan fingerprint density at radius 1 is 1.32 bits per heavy atom. The molecule has 0 radical (unpaired) electrons. The maximum atomic E-state index is 12.9. The van der Waals surface area contributed by atoms with E-state index in [0.717, 1.165) is 0 Å². The predicted octanol–water partition coefficient (Wildman–Crippen LogP) is 0.436. The molecule has 3 amide bonds. The maximum absolute atomic E-state index is 12.9. The highest BCUT2D eigenvalue weighted by Gasteiger charge is 2.41. The summed E-state index contributed by atoms with van der Waals surface area (Å²) in [6.07, 6.45) is 0.335. The lowest BCUT2D eigenvalue weighted by Gasteiger charge is -2.29. The molecular weight excluding hydrogens is 428 g/mol. The third-order valence-electron chi connectivity index (χ3n) is 5.12. The molecule has 10 nitrogen and oxygen atoms in total. The van der Waals surface area contributed by atoms with Crippen LogP contribution < -0.4 is 16.4 Å². The number of aldehydes is 1. The Hall–Kier alpha value is -3.14. The molecule has 0 spiro atoms. The van der Waals surface area contributed by atoms with E-state index in [1.54, 1.807) is 6.92 Å². The van der Waals surface area contributed by atoms with Gasteiger partial charge in [-0.15, -0.1) is 0 Å². The van der Waals surface area contributed by atoms with Crippen molar-refractivity contribution in [3.8, 4) is 0 Å². The second-order valence-corrected chi connectivity index (χ2v) is 7.93. The van der Waals surface area contributed by atoms with Gasteiger partial charge in [0.25, 0.3) is 5.91 Å². The number of nitrogens with zero attached hydrogens (tertiary/aromatic N) is 1. The number of anilines is 1. The minimum absolute atomic E-state index is 0.208. The molecule has 3 unspecified atom stereocenters. The van der Waals surface area contributed by atoms with Crippen molar-refractivity contribution in [2.24, 2.45) is 5.92 Å². The van der Waals surface area contributed by atoms with E-state index in [9.17, 15) is 24.0 Å². The van der Waals surface area contributed by atoms with Crippen molar-refractivity contribution >= 4 is 47.3 Å². The number of likely N-dealkylation sites (tertiary alicyclic amines) is 1. The number of carbonyl (C=O) groups is 5. The molecule has 5 N–H and O–H groups in total. The first kappa shape index (κ1) is 24.1. The van der Waals surface area contributed by atoms with E-state index in [-0.39, 0.29) is 23.0 Å². The Labute approximate surface area is 184 Å². The molecule has 31 heavy (non-hydrogen) atoms. The van der Waals surface area contributed by atoms with Crippen LogP contribution >= 0.6 is 11.6 Å². The van der Waals surface area contributed by atoms with Gasteiger partial charge >= 0.3 is 5.97 Å². The fourth-order valence-electron chi connectivity index (χ4n) is 3.44. The first-order valence-corrected chi connectivity index (χ1v) is 10.1. The Balaban J connectivity index is 2.08. The molecule has 11 heteroatoms. The summed E-state index contributed by atoms with van der Waals surface area (Å²) in [7, 11) is 0. The summed E-state index contributed by atoms with van der Waals surface area (Å²) >= 11 is 5.93. The molecular formula is C20H25ClN4O6. The molecule has 2 rings (SSSR count). The summed E-state index contributed by atoms with van der Waals surface area (Å²) in [6, 6.07) is 1.33. The SMILES string of the molecule is CC(NC(=O)c1ccc(N)c(Cl)c1)C(=O)N1CC[C@H](C)C1C(=O)NC(C=O)CC(=O)O. The van der Waals surface area contributed by atoms with Gasteiger partial charge in [-0.25, -0.2) is 0 Å². The van der Waals surface area contributed by atoms with Crippen LogP contribution in [0.25, 0.3) is 0 Å². The third kappa shape index (κ3) is 5.94. The molecule has 0 aromatic heterocycles. The number of benzene rings is 1. The van der Waals surface area contributed by atoms with Crippen LogP contribution in [0.4, 0.5) is 5.69 Å². The normalized spacial score (nSPS) is 19.9. The predicted molar refractivity (Wildman–Crippen MR) is 112 cm³/mol. The quantitative estimate of drug-likeness (QED) is 0.329. The molecule has 0 saturated carbocycles. The summed E-state index contributed by atoms with van der Waals surface area (Å²) < 4.78 is 0. The molecule has 1 fully saturated rings. The van der Waals surface area contributed by atoms with Crippen molar-refractivity contribution in [1.82, 2.24) is 15.5 Å². The fraction of sp³-hybridized carbons (Fsp3) is 0.450. The number of hydrogen-bond donors (Lipinski definition) is 4. The highest BCUT2D eigenvalue weighted by atomic mass is 35.5. The van der Waals surface area contributed by atoms with E-state index in [2.05, 4.69) is 10.6 Å². The molecule has 0 aliphatic carbocycles. The number of carboxylic acid groups (broad SMARTS) is 1. The summed E-state index contributed by atoms with van der Waals surface area (Å²) in [6.45, 7) is 3.57. The van der Waals surface area contributed by atoms with E-state index < -0.39 is 48.2 Å². The average molecular weight is 453 g/mol. The van der Waals surface area contributed by atoms with Gasteiger partial charge in [-0.3, -0.25) is 19.2 Å². The molecule has 1 aliphatic heterocycles. The van der Waals surface area contributed by atoms with Gasteiger partial charge in [0.05, 0.1) is 23.2 Å². The van der Waals surface area contributed by atoms with Gasteiger partial charge in [-0.1, -0.05) is 18.5 Å². The topological polar surface area (TPSA) is 159 Å². The minimum Gasteiger partial charge on any atom is -0.481 e. The summed E-state index contributed by atoms with van der Waals surface area (Å²) in [5.41, 5.74) is 6.18. The lowest BCUT2D eigenvalue weighted by atomic mass is 10.0. The molecule has 168 valence electrons. The highest BCUT2D eigenvalue weighted by Crippen LogP contribution is 2.25. The Morgan fingerprint density at radius 2 is 2.00 bits per heavy atom. The van der Waals surface area contributed by atoms with Gasteiger partial charge in [-0.2, -0.15) is 0 Å². The smallest absolute Gasteiger partial charge is 0.305 e. The van der Waals surface area contributed by atoms with E-state index in [0.29, 0.717) is 18.4 Å². The van der Waals surface area contributed by atoms with Gasteiger partial charge in [0.1, 0.15) is 18.4 Å². The summed E-state index contributed by atoms with van der Waals surface area (Å²) in [4.78, 5) is 61.3. The molecule has 1 saturated heterocycles. The lowest BCUT2D eigenvalue weighted by molar-refractivity contribution is -0.142. The van der Waals surface area contributed by atoms with Gasteiger partial charge in [0.15, 0.2) is 0 Å². The standard InChI is InChI=1S/C20H25ClN4O6/c1-10-5-6-25(17(10)19(30)24-13(9-26)8-16(27)28)20(31)11(2)23-18(29)12-3-4-15(22)14(21)7-12/h3-4,7,9-11,13,17H,5-6,8,22H2,1-2H3,(H,23,29)(H,24,30)(H,27,28)/t10-,11?,13?,17?/m0/s1. The van der Waals surface area contributed by atoms with Crippen molar-refractivity contribution in [2.75, 3.05) is 12.3 Å². The number of carboxylic acids is 1. The van der Waals surface area contributed by atoms with Crippen LogP contribution in [0.1, 0.15) is 37.0 Å². The molecule has 0 bridgehead atoms. The van der Waals surface area contributed by atoms with Crippen LogP contribution in [-0.2, 0) is 19.2 Å². The van der Waals surface area contributed by atoms with Crippen LogP contribution in [0.15, 0.2) is 18.2 Å². The van der Waals surface area contributed by atoms with Crippen molar-refractivity contribution in [3.05, 3.63) is 28.8 Å². The number of hydrogen-bond acceptors (Lipinski definition) is 6. The number of nitrogens with two attached hydrogens (primary N) is 1. The van der Waals surface area contributed by atoms with Gasteiger partial charge < -0.3 is 31.2 Å². The summed E-state index contributed by atoms with van der Waals surface area (Å²) in [5, 5.41) is 14.0. The Morgan fingerprint density at radius 3 is 2.58 bits per heavy atom. The van der Waals surface area contributed by atoms with Crippen molar-refractivity contribution in [1.29, 1.82) is 0 Å². The molecule has 1 aromatic rings. The number of halogens is 1. The van der Waals surface area contributed by atoms with Crippen LogP contribution in [0.5, 0.6) is 0 Å². The molecule has 1 aromatic carbocycles. The van der Waals surface area contributed by atoms with Gasteiger partial charge in [-0.05, 0) is 37.5 Å². The number of rotatable bonds is 8. The Bertz CT molecular complexity index is 892. The van der Waals surface area contributed by atoms with Gasteiger partial charge in [0, 0.05) is 12.1 Å². The van der Waals surface area contributed by atoms with Crippen LogP contribution in [0.2, 0.25) is 5.02 Å². The monoisotopic (exact) mass is 452 g/mol. The van der Waals surface area contributed by atoms with Crippen LogP contribution in [0, 0.1) is 5.92 Å².